The molecule has 0 saturated heterocycles. The zero-order valence-electron chi connectivity index (χ0n) is 14.6. The molecule has 2 aromatic carbocycles. The Hall–Kier alpha value is -2.84. The normalized spacial score (nSPS) is 11.1. The molecule has 28 heavy (non-hydrogen) atoms. The number of nitrogens with zero attached hydrogens (tertiary/aromatic N) is 2. The molecule has 9 heteroatoms. The Morgan fingerprint density at radius 1 is 1.29 bits per heavy atom. The maximum atomic E-state index is 13.5. The molecule has 0 atom stereocenters. The Labute approximate surface area is 168 Å². The number of fused-ring (bicyclic) bond motifs is 3. The Bertz CT molecular complexity index is 1200. The standard InChI is InChI=1S/C19H14ClFN4O2S/c1-27-15-5-3-11(7-13(15)20)24-16(26)8-28-19-18-17(22-9-23-19)12-6-10(21)2-4-14(12)25-18/h2-7,9,25H,8H2,1H3,(H,24,26). The monoisotopic (exact) mass is 416 g/mol. The lowest BCUT2D eigenvalue weighted by molar-refractivity contribution is -0.113. The number of anilines is 1. The van der Waals surface area contributed by atoms with Crippen LogP contribution in [0, 0.1) is 5.82 Å². The lowest BCUT2D eigenvalue weighted by Gasteiger charge is -2.08. The Morgan fingerprint density at radius 2 is 2.14 bits per heavy atom. The third kappa shape index (κ3) is 3.61. The van der Waals surface area contributed by atoms with Crippen LogP contribution in [0.5, 0.6) is 5.75 Å². The Kier molecular flexibility index (Phi) is 5.06. The molecule has 1 amide bonds. The first-order chi connectivity index (χ1) is 13.5. The van der Waals surface area contributed by atoms with Crippen LogP contribution in [0.15, 0.2) is 47.8 Å². The van der Waals surface area contributed by atoms with Gasteiger partial charge in [0.05, 0.1) is 23.4 Å². The Balaban J connectivity index is 1.51. The Morgan fingerprint density at radius 3 is 2.93 bits per heavy atom. The predicted octanol–water partition coefficient (Wildman–Crippen LogP) is 4.64. The number of amides is 1. The molecule has 0 saturated carbocycles. The fraction of sp³-hybridized carbons (Fsp3) is 0.105. The van der Waals surface area contributed by atoms with Gasteiger partial charge >= 0.3 is 0 Å². The first-order valence-electron chi connectivity index (χ1n) is 8.23. The van der Waals surface area contributed by atoms with Crippen LogP contribution in [0.4, 0.5) is 10.1 Å². The van der Waals surface area contributed by atoms with Crippen LogP contribution >= 0.6 is 23.4 Å². The SMILES string of the molecule is COc1ccc(NC(=O)CSc2ncnc3c2[nH]c2ccc(F)cc23)cc1Cl. The lowest BCUT2D eigenvalue weighted by Crippen LogP contribution is -2.14. The molecule has 0 unspecified atom stereocenters. The maximum Gasteiger partial charge on any atom is 0.234 e. The maximum absolute atomic E-state index is 13.5. The van der Waals surface area contributed by atoms with Crippen LogP contribution in [-0.4, -0.2) is 33.7 Å². The van der Waals surface area contributed by atoms with Gasteiger partial charge in [0.1, 0.15) is 28.4 Å². The zero-order valence-corrected chi connectivity index (χ0v) is 16.2. The second-order valence-corrected chi connectivity index (χ2v) is 7.27. The first-order valence-corrected chi connectivity index (χ1v) is 9.59. The van der Waals surface area contributed by atoms with E-state index in [0.29, 0.717) is 37.9 Å². The molecule has 2 N–H and O–H groups in total. The van der Waals surface area contributed by atoms with Gasteiger partial charge < -0.3 is 15.0 Å². The molecule has 2 aromatic heterocycles. The molecule has 0 aliphatic heterocycles. The van der Waals surface area contributed by atoms with Crippen LogP contribution in [0.25, 0.3) is 21.9 Å². The number of halogens is 2. The minimum atomic E-state index is -0.334. The summed E-state index contributed by atoms with van der Waals surface area (Å²) < 4.78 is 18.6. The van der Waals surface area contributed by atoms with Crippen LogP contribution in [0.2, 0.25) is 5.02 Å². The summed E-state index contributed by atoms with van der Waals surface area (Å²) in [4.78, 5) is 24.0. The minimum absolute atomic E-state index is 0.138. The van der Waals surface area contributed by atoms with E-state index in [9.17, 15) is 9.18 Å². The molecule has 0 fully saturated rings. The van der Waals surface area contributed by atoms with Crippen molar-refractivity contribution in [3.63, 3.8) is 0 Å². The van der Waals surface area contributed by atoms with E-state index < -0.39 is 0 Å². The van der Waals surface area contributed by atoms with E-state index in [1.54, 1.807) is 24.3 Å². The average Bonchev–Trinajstić information content (AvgIpc) is 3.05. The smallest absolute Gasteiger partial charge is 0.234 e. The van der Waals surface area contributed by atoms with Crippen LogP contribution in [0.1, 0.15) is 0 Å². The summed E-state index contributed by atoms with van der Waals surface area (Å²) in [6.07, 6.45) is 1.41. The molecule has 0 aliphatic carbocycles. The van der Waals surface area contributed by atoms with E-state index in [4.69, 9.17) is 16.3 Å². The number of benzene rings is 2. The van der Waals surface area contributed by atoms with Crippen molar-refractivity contribution in [2.24, 2.45) is 0 Å². The quantitative estimate of drug-likeness (QED) is 0.366. The molecule has 4 rings (SSSR count). The van der Waals surface area contributed by atoms with E-state index in [0.717, 1.165) is 5.52 Å². The highest BCUT2D eigenvalue weighted by molar-refractivity contribution is 8.00. The lowest BCUT2D eigenvalue weighted by atomic mass is 10.2. The highest BCUT2D eigenvalue weighted by atomic mass is 35.5. The number of ether oxygens (including phenoxy) is 1. The average molecular weight is 417 g/mol. The van der Waals surface area contributed by atoms with Gasteiger partial charge in [-0.2, -0.15) is 0 Å². The van der Waals surface area contributed by atoms with E-state index >= 15 is 0 Å². The number of hydrogen-bond acceptors (Lipinski definition) is 5. The van der Waals surface area contributed by atoms with E-state index in [2.05, 4.69) is 20.3 Å². The molecule has 6 nitrogen and oxygen atoms in total. The molecule has 4 aromatic rings. The molecular formula is C19H14ClFN4O2S. The van der Waals surface area contributed by atoms with Gasteiger partial charge in [0.2, 0.25) is 5.91 Å². The number of thioether (sulfide) groups is 1. The van der Waals surface area contributed by atoms with Crippen molar-refractivity contribution >= 4 is 56.9 Å². The van der Waals surface area contributed by atoms with Crippen molar-refractivity contribution in [2.45, 2.75) is 5.03 Å². The number of aromatic nitrogens is 3. The van der Waals surface area contributed by atoms with E-state index in [-0.39, 0.29) is 17.5 Å². The summed E-state index contributed by atoms with van der Waals surface area (Å²) in [6, 6.07) is 9.48. The highest BCUT2D eigenvalue weighted by Crippen LogP contribution is 2.30. The third-order valence-electron chi connectivity index (χ3n) is 4.08. The molecule has 142 valence electrons. The number of nitrogens with one attached hydrogen (secondary N) is 2. The molecule has 0 spiro atoms. The second-order valence-electron chi connectivity index (χ2n) is 5.90. The number of carbonyl (C=O) groups is 1. The van der Waals surface area contributed by atoms with Crippen molar-refractivity contribution in [3.05, 3.63) is 53.6 Å². The van der Waals surface area contributed by atoms with Crippen molar-refractivity contribution in [3.8, 4) is 5.75 Å². The van der Waals surface area contributed by atoms with E-state index in [1.165, 1.54) is 37.3 Å². The molecule has 0 radical (unpaired) electrons. The third-order valence-corrected chi connectivity index (χ3v) is 5.37. The fourth-order valence-corrected chi connectivity index (χ4v) is 3.84. The van der Waals surface area contributed by atoms with Gasteiger partial charge in [0.25, 0.3) is 0 Å². The van der Waals surface area contributed by atoms with Gasteiger partial charge in [-0.25, -0.2) is 14.4 Å². The zero-order chi connectivity index (χ0) is 19.7. The van der Waals surface area contributed by atoms with Gasteiger partial charge in [-0.15, -0.1) is 0 Å². The number of methoxy groups -OCH3 is 1. The predicted molar refractivity (Wildman–Crippen MR) is 109 cm³/mol. The molecule has 0 aliphatic rings. The summed E-state index contributed by atoms with van der Waals surface area (Å²) in [5, 5.41) is 4.49. The van der Waals surface area contributed by atoms with Gasteiger partial charge in [0.15, 0.2) is 0 Å². The summed E-state index contributed by atoms with van der Waals surface area (Å²) in [5.74, 6) is 0.131. The van der Waals surface area contributed by atoms with Crippen molar-refractivity contribution in [1.29, 1.82) is 0 Å². The number of carbonyl (C=O) groups excluding carboxylic acids is 1. The summed E-state index contributed by atoms with van der Waals surface area (Å²) in [7, 11) is 1.52. The van der Waals surface area contributed by atoms with Crippen molar-refractivity contribution in [2.75, 3.05) is 18.2 Å². The molecule has 0 bridgehead atoms. The first kappa shape index (κ1) is 18.5. The van der Waals surface area contributed by atoms with Crippen LogP contribution in [0.3, 0.4) is 0 Å². The van der Waals surface area contributed by atoms with Crippen molar-refractivity contribution < 1.29 is 13.9 Å². The topological polar surface area (TPSA) is 79.9 Å². The van der Waals surface area contributed by atoms with Gasteiger partial charge in [0, 0.05) is 16.6 Å². The van der Waals surface area contributed by atoms with Gasteiger partial charge in [-0.1, -0.05) is 23.4 Å². The summed E-state index contributed by atoms with van der Waals surface area (Å²) in [5.41, 5.74) is 2.63. The number of aromatic amines is 1. The summed E-state index contributed by atoms with van der Waals surface area (Å²) in [6.45, 7) is 0. The van der Waals surface area contributed by atoms with Crippen molar-refractivity contribution in [1.82, 2.24) is 15.0 Å². The summed E-state index contributed by atoms with van der Waals surface area (Å²) >= 11 is 7.33. The van der Waals surface area contributed by atoms with Gasteiger partial charge in [-0.3, -0.25) is 4.79 Å². The number of rotatable bonds is 5. The van der Waals surface area contributed by atoms with E-state index in [1.807, 2.05) is 0 Å². The molecule has 2 heterocycles. The van der Waals surface area contributed by atoms with Crippen LogP contribution < -0.4 is 10.1 Å². The number of hydrogen-bond donors (Lipinski definition) is 2. The van der Waals surface area contributed by atoms with Gasteiger partial charge in [-0.05, 0) is 36.4 Å². The largest absolute Gasteiger partial charge is 0.495 e. The second kappa shape index (κ2) is 7.65. The van der Waals surface area contributed by atoms with Crippen LogP contribution in [-0.2, 0) is 4.79 Å². The molecular weight excluding hydrogens is 403 g/mol. The highest BCUT2D eigenvalue weighted by Gasteiger charge is 2.13. The number of H-pyrrole nitrogens is 1. The fourth-order valence-electron chi connectivity index (χ4n) is 2.83. The minimum Gasteiger partial charge on any atom is -0.495 e.